The fourth-order valence-electron chi connectivity index (χ4n) is 4.54. The Bertz CT molecular complexity index is 214. The second-order valence-corrected chi connectivity index (χ2v) is 6.13. The quantitative estimate of drug-likeness (QED) is 0.661. The molecule has 4 unspecified atom stereocenters. The Kier molecular flexibility index (Phi) is 1.83. The van der Waals surface area contributed by atoms with Gasteiger partial charge in [-0.2, -0.15) is 0 Å². The molecule has 4 atom stereocenters. The number of hydrogen-bond donors (Lipinski definition) is 1. The molecule has 0 aliphatic heterocycles. The highest BCUT2D eigenvalue weighted by atomic mass is 16.3. The number of fused-ring (bicyclic) bond motifs is 2. The number of rotatable bonds is 1. The van der Waals surface area contributed by atoms with Crippen LogP contribution in [0.5, 0.6) is 0 Å². The lowest BCUT2D eigenvalue weighted by atomic mass is 9.62. The van der Waals surface area contributed by atoms with Crippen molar-refractivity contribution in [2.24, 2.45) is 22.7 Å². The van der Waals surface area contributed by atoms with Crippen molar-refractivity contribution in [1.82, 2.24) is 0 Å². The Morgan fingerprint density at radius 3 is 2.23 bits per heavy atom. The summed E-state index contributed by atoms with van der Waals surface area (Å²) in [6.45, 7) is 9.04. The van der Waals surface area contributed by atoms with Crippen molar-refractivity contribution in [3.05, 3.63) is 0 Å². The van der Waals surface area contributed by atoms with Gasteiger partial charge in [-0.05, 0) is 48.9 Å². The molecule has 1 heteroatoms. The van der Waals surface area contributed by atoms with E-state index in [0.29, 0.717) is 16.7 Å². The standard InChI is InChI=1S/C12H22O/c1-8(13)10-11(2,3)9-5-6-12(10,4)7-9/h8-10,13H,5-7H2,1-4H3. The molecule has 1 N–H and O–H groups in total. The van der Waals surface area contributed by atoms with Crippen molar-refractivity contribution in [1.29, 1.82) is 0 Å². The largest absolute Gasteiger partial charge is 0.393 e. The lowest BCUT2D eigenvalue weighted by Gasteiger charge is -2.44. The first-order chi connectivity index (χ1) is 5.88. The fraction of sp³-hybridized carbons (Fsp3) is 1.00. The lowest BCUT2D eigenvalue weighted by molar-refractivity contribution is -0.0256. The summed E-state index contributed by atoms with van der Waals surface area (Å²) in [6.07, 6.45) is 3.92. The average molecular weight is 182 g/mol. The van der Waals surface area contributed by atoms with Crippen LogP contribution in [0.4, 0.5) is 0 Å². The Hall–Kier alpha value is -0.0400. The van der Waals surface area contributed by atoms with Crippen LogP contribution in [0.1, 0.15) is 47.0 Å². The first-order valence-corrected chi connectivity index (χ1v) is 5.56. The summed E-state index contributed by atoms with van der Waals surface area (Å²) in [7, 11) is 0. The van der Waals surface area contributed by atoms with Gasteiger partial charge in [-0.25, -0.2) is 0 Å². The highest BCUT2D eigenvalue weighted by Crippen LogP contribution is 2.66. The van der Waals surface area contributed by atoms with Gasteiger partial charge < -0.3 is 5.11 Å². The summed E-state index contributed by atoms with van der Waals surface area (Å²) in [4.78, 5) is 0. The molecule has 0 amide bonds. The van der Waals surface area contributed by atoms with Crippen molar-refractivity contribution in [2.75, 3.05) is 0 Å². The van der Waals surface area contributed by atoms with Gasteiger partial charge in [0.25, 0.3) is 0 Å². The zero-order valence-corrected chi connectivity index (χ0v) is 9.30. The summed E-state index contributed by atoms with van der Waals surface area (Å²) in [6, 6.07) is 0. The molecule has 2 bridgehead atoms. The molecule has 2 fully saturated rings. The van der Waals surface area contributed by atoms with Gasteiger partial charge in [-0.3, -0.25) is 0 Å². The molecule has 0 aromatic heterocycles. The number of aliphatic hydroxyl groups excluding tert-OH is 1. The minimum Gasteiger partial charge on any atom is -0.393 e. The van der Waals surface area contributed by atoms with Gasteiger partial charge in [0, 0.05) is 0 Å². The molecule has 2 rings (SSSR count). The minimum atomic E-state index is -0.134. The van der Waals surface area contributed by atoms with Crippen LogP contribution < -0.4 is 0 Å². The predicted molar refractivity (Wildman–Crippen MR) is 54.4 cm³/mol. The van der Waals surface area contributed by atoms with Crippen molar-refractivity contribution in [2.45, 2.75) is 53.1 Å². The maximum Gasteiger partial charge on any atom is 0.0550 e. The van der Waals surface area contributed by atoms with Gasteiger partial charge in [0.05, 0.1) is 6.10 Å². The van der Waals surface area contributed by atoms with E-state index in [0.717, 1.165) is 5.92 Å². The third kappa shape index (κ3) is 1.09. The van der Waals surface area contributed by atoms with Crippen LogP contribution in [0.15, 0.2) is 0 Å². The molecule has 2 saturated carbocycles. The van der Waals surface area contributed by atoms with Crippen LogP contribution in [0.3, 0.4) is 0 Å². The normalized spacial score (nSPS) is 49.6. The molecule has 0 radical (unpaired) electrons. The number of aliphatic hydroxyl groups is 1. The summed E-state index contributed by atoms with van der Waals surface area (Å²) in [5.41, 5.74) is 0.795. The average Bonchev–Trinajstić information content (AvgIpc) is 2.36. The molecular weight excluding hydrogens is 160 g/mol. The summed E-state index contributed by atoms with van der Waals surface area (Å²) in [5.74, 6) is 1.37. The van der Waals surface area contributed by atoms with Gasteiger partial charge in [-0.15, -0.1) is 0 Å². The van der Waals surface area contributed by atoms with Crippen molar-refractivity contribution in [3.63, 3.8) is 0 Å². The second kappa shape index (κ2) is 2.50. The summed E-state index contributed by atoms with van der Waals surface area (Å²) in [5, 5.41) is 9.88. The molecule has 13 heavy (non-hydrogen) atoms. The summed E-state index contributed by atoms with van der Waals surface area (Å²) >= 11 is 0. The molecule has 2 aliphatic carbocycles. The third-order valence-corrected chi connectivity index (χ3v) is 4.86. The second-order valence-electron chi connectivity index (χ2n) is 6.13. The van der Waals surface area contributed by atoms with Gasteiger partial charge in [0.1, 0.15) is 0 Å². The minimum absolute atomic E-state index is 0.134. The molecule has 0 aromatic carbocycles. The van der Waals surface area contributed by atoms with E-state index in [1.54, 1.807) is 0 Å². The first kappa shape index (κ1) is 9.51. The smallest absolute Gasteiger partial charge is 0.0550 e. The molecular formula is C12H22O. The van der Waals surface area contributed by atoms with Crippen molar-refractivity contribution < 1.29 is 5.11 Å². The zero-order chi connectivity index (χ0) is 9.85. The van der Waals surface area contributed by atoms with E-state index in [-0.39, 0.29) is 6.10 Å². The molecule has 0 heterocycles. The maximum absolute atomic E-state index is 9.88. The van der Waals surface area contributed by atoms with Crippen LogP contribution in [0, 0.1) is 22.7 Å². The monoisotopic (exact) mass is 182 g/mol. The van der Waals surface area contributed by atoms with Crippen LogP contribution in [0.25, 0.3) is 0 Å². The Labute approximate surface area is 81.5 Å². The molecule has 76 valence electrons. The van der Waals surface area contributed by atoms with E-state index in [1.807, 2.05) is 6.92 Å². The molecule has 0 aromatic rings. The topological polar surface area (TPSA) is 20.2 Å². The predicted octanol–water partition coefficient (Wildman–Crippen LogP) is 2.83. The Morgan fingerprint density at radius 1 is 1.31 bits per heavy atom. The van der Waals surface area contributed by atoms with Crippen LogP contribution in [-0.2, 0) is 0 Å². The Morgan fingerprint density at radius 2 is 1.92 bits per heavy atom. The van der Waals surface area contributed by atoms with E-state index in [1.165, 1.54) is 19.3 Å². The molecule has 0 spiro atoms. The van der Waals surface area contributed by atoms with Crippen LogP contribution in [0.2, 0.25) is 0 Å². The van der Waals surface area contributed by atoms with E-state index in [2.05, 4.69) is 20.8 Å². The van der Waals surface area contributed by atoms with Crippen LogP contribution in [-0.4, -0.2) is 11.2 Å². The molecule has 0 saturated heterocycles. The van der Waals surface area contributed by atoms with Crippen molar-refractivity contribution >= 4 is 0 Å². The maximum atomic E-state index is 9.88. The van der Waals surface area contributed by atoms with E-state index in [9.17, 15) is 5.11 Å². The molecule has 1 nitrogen and oxygen atoms in total. The van der Waals surface area contributed by atoms with Gasteiger partial charge in [0.2, 0.25) is 0 Å². The highest BCUT2D eigenvalue weighted by molar-refractivity contribution is 5.09. The zero-order valence-electron chi connectivity index (χ0n) is 9.30. The van der Waals surface area contributed by atoms with Gasteiger partial charge in [0.15, 0.2) is 0 Å². The van der Waals surface area contributed by atoms with Gasteiger partial charge in [-0.1, -0.05) is 20.8 Å². The lowest BCUT2D eigenvalue weighted by Crippen LogP contribution is -2.41. The number of hydrogen-bond acceptors (Lipinski definition) is 1. The molecule has 2 aliphatic rings. The van der Waals surface area contributed by atoms with E-state index >= 15 is 0 Å². The fourth-order valence-corrected chi connectivity index (χ4v) is 4.54. The van der Waals surface area contributed by atoms with E-state index in [4.69, 9.17) is 0 Å². The highest BCUT2D eigenvalue weighted by Gasteiger charge is 2.60. The first-order valence-electron chi connectivity index (χ1n) is 5.56. The van der Waals surface area contributed by atoms with Crippen molar-refractivity contribution in [3.8, 4) is 0 Å². The van der Waals surface area contributed by atoms with Gasteiger partial charge >= 0.3 is 0 Å². The summed E-state index contributed by atoms with van der Waals surface area (Å²) < 4.78 is 0. The SMILES string of the molecule is CC(O)C1C2(C)CCC(C2)C1(C)C. The Balaban J connectivity index is 2.34. The third-order valence-electron chi connectivity index (χ3n) is 4.86. The van der Waals surface area contributed by atoms with Crippen LogP contribution >= 0.6 is 0 Å². The van der Waals surface area contributed by atoms with E-state index < -0.39 is 0 Å².